The fraction of sp³-hybridized carbons (Fsp3) is 0.300. The van der Waals surface area contributed by atoms with E-state index in [2.05, 4.69) is 5.32 Å². The van der Waals surface area contributed by atoms with Gasteiger partial charge in [-0.1, -0.05) is 30.3 Å². The summed E-state index contributed by atoms with van der Waals surface area (Å²) in [4.78, 5) is 25.6. The van der Waals surface area contributed by atoms with Crippen molar-refractivity contribution < 1.29 is 19.1 Å². The molecule has 1 heterocycles. The van der Waals surface area contributed by atoms with E-state index in [9.17, 15) is 9.59 Å². The molecule has 0 aliphatic carbocycles. The molecule has 1 N–H and O–H groups in total. The third-order valence-electron chi connectivity index (χ3n) is 4.21. The first-order valence-corrected chi connectivity index (χ1v) is 8.58. The van der Waals surface area contributed by atoms with Gasteiger partial charge in [-0.15, -0.1) is 0 Å². The van der Waals surface area contributed by atoms with Crippen LogP contribution in [-0.4, -0.2) is 31.8 Å². The number of aryl methyl sites for hydroxylation is 2. The van der Waals surface area contributed by atoms with Crippen LogP contribution in [0.15, 0.2) is 42.5 Å². The van der Waals surface area contributed by atoms with Gasteiger partial charge in [-0.05, 0) is 37.1 Å². The molecule has 1 aliphatic rings. The number of nitrogens with one attached hydrogen (secondary N) is 1. The van der Waals surface area contributed by atoms with E-state index in [0.29, 0.717) is 24.5 Å². The number of hydrogen-bond acceptors (Lipinski definition) is 4. The number of benzene rings is 2. The molecule has 26 heavy (non-hydrogen) atoms. The number of rotatable bonds is 6. The number of ether oxygens (including phenoxy) is 2. The minimum Gasteiger partial charge on any atom is -0.493 e. The van der Waals surface area contributed by atoms with Gasteiger partial charge < -0.3 is 14.8 Å². The molecule has 2 amide bonds. The summed E-state index contributed by atoms with van der Waals surface area (Å²) in [5.74, 6) is 0.650. The molecule has 0 atom stereocenters. The predicted octanol–water partition coefficient (Wildman–Crippen LogP) is 3.67. The first-order chi connectivity index (χ1) is 12.6. The highest BCUT2D eigenvalue weighted by Crippen LogP contribution is 2.28. The van der Waals surface area contributed by atoms with Gasteiger partial charge in [0.2, 0.25) is 5.91 Å². The standard InChI is InChI=1S/C20H22N2O4/c1-14-6-5-7-15(2)19(14)25-12-10-18(23)21-16-8-3-4-9-17(16)22-11-13-26-20(22)24/h3-9H,10-13H2,1-2H3,(H,21,23). The summed E-state index contributed by atoms with van der Waals surface area (Å²) in [7, 11) is 0. The molecule has 1 aliphatic heterocycles. The molecular formula is C20H22N2O4. The summed E-state index contributed by atoms with van der Waals surface area (Å²) in [5, 5.41) is 2.86. The first kappa shape index (κ1) is 17.8. The summed E-state index contributed by atoms with van der Waals surface area (Å²) in [6.07, 6.45) is -0.183. The number of carbonyl (C=O) groups is 2. The summed E-state index contributed by atoms with van der Waals surface area (Å²) in [6.45, 7) is 5.07. The highest BCUT2D eigenvalue weighted by molar-refractivity contribution is 5.99. The monoisotopic (exact) mass is 354 g/mol. The Kier molecular flexibility index (Phi) is 5.41. The van der Waals surface area contributed by atoms with Crippen molar-refractivity contribution in [1.29, 1.82) is 0 Å². The second-order valence-electron chi connectivity index (χ2n) is 6.15. The van der Waals surface area contributed by atoms with Crippen molar-refractivity contribution in [3.05, 3.63) is 53.6 Å². The third-order valence-corrected chi connectivity index (χ3v) is 4.21. The normalized spacial score (nSPS) is 13.5. The van der Waals surface area contributed by atoms with Gasteiger partial charge in [-0.25, -0.2) is 4.79 Å². The lowest BCUT2D eigenvalue weighted by Gasteiger charge is -2.18. The highest BCUT2D eigenvalue weighted by Gasteiger charge is 2.25. The summed E-state index contributed by atoms with van der Waals surface area (Å²) in [5.41, 5.74) is 3.31. The number of para-hydroxylation sites is 3. The van der Waals surface area contributed by atoms with Crippen molar-refractivity contribution in [2.24, 2.45) is 0 Å². The summed E-state index contributed by atoms with van der Waals surface area (Å²) < 4.78 is 10.7. The topological polar surface area (TPSA) is 67.9 Å². The van der Waals surface area contributed by atoms with Crippen LogP contribution in [0, 0.1) is 13.8 Å². The minimum atomic E-state index is -0.398. The van der Waals surface area contributed by atoms with Crippen LogP contribution in [0.3, 0.4) is 0 Å². The fourth-order valence-electron chi connectivity index (χ4n) is 2.91. The lowest BCUT2D eigenvalue weighted by molar-refractivity contribution is -0.116. The number of nitrogens with zero attached hydrogens (tertiary/aromatic N) is 1. The van der Waals surface area contributed by atoms with Crippen LogP contribution in [-0.2, 0) is 9.53 Å². The average molecular weight is 354 g/mol. The molecule has 1 fully saturated rings. The highest BCUT2D eigenvalue weighted by atomic mass is 16.6. The Labute approximate surface area is 152 Å². The molecule has 0 radical (unpaired) electrons. The van der Waals surface area contributed by atoms with Crippen LogP contribution in [0.2, 0.25) is 0 Å². The van der Waals surface area contributed by atoms with E-state index in [1.165, 1.54) is 4.90 Å². The molecule has 0 aromatic heterocycles. The first-order valence-electron chi connectivity index (χ1n) is 8.58. The molecule has 0 spiro atoms. The van der Waals surface area contributed by atoms with Gasteiger partial charge in [0.25, 0.3) is 0 Å². The van der Waals surface area contributed by atoms with Crippen molar-refractivity contribution in [3.63, 3.8) is 0 Å². The molecule has 1 saturated heterocycles. The summed E-state index contributed by atoms with van der Waals surface area (Å²) in [6, 6.07) is 13.1. The fourth-order valence-corrected chi connectivity index (χ4v) is 2.91. The second kappa shape index (κ2) is 7.91. The average Bonchev–Trinajstić information content (AvgIpc) is 3.04. The molecule has 6 heteroatoms. The Morgan fingerprint density at radius 2 is 1.88 bits per heavy atom. The lowest BCUT2D eigenvalue weighted by Crippen LogP contribution is -2.25. The van der Waals surface area contributed by atoms with E-state index in [1.807, 2.05) is 44.2 Å². The lowest BCUT2D eigenvalue weighted by atomic mass is 10.1. The van der Waals surface area contributed by atoms with Gasteiger partial charge in [0.1, 0.15) is 12.4 Å². The Hall–Kier alpha value is -3.02. The number of carbonyl (C=O) groups excluding carboxylic acids is 2. The maximum atomic E-state index is 12.3. The van der Waals surface area contributed by atoms with Crippen molar-refractivity contribution in [2.45, 2.75) is 20.3 Å². The minimum absolute atomic E-state index is 0.170. The molecule has 0 unspecified atom stereocenters. The van der Waals surface area contributed by atoms with Crippen LogP contribution in [0.4, 0.5) is 16.2 Å². The van der Waals surface area contributed by atoms with Gasteiger partial charge in [0.05, 0.1) is 30.9 Å². The van der Waals surface area contributed by atoms with Crippen molar-refractivity contribution in [3.8, 4) is 5.75 Å². The number of anilines is 2. The molecule has 0 saturated carbocycles. The van der Waals surface area contributed by atoms with Crippen LogP contribution < -0.4 is 15.0 Å². The molecular weight excluding hydrogens is 332 g/mol. The molecule has 6 nitrogen and oxygen atoms in total. The van der Waals surface area contributed by atoms with Crippen molar-refractivity contribution in [2.75, 3.05) is 30.0 Å². The van der Waals surface area contributed by atoms with E-state index in [0.717, 1.165) is 16.9 Å². The van der Waals surface area contributed by atoms with Gasteiger partial charge >= 0.3 is 6.09 Å². The number of hydrogen-bond donors (Lipinski definition) is 1. The van der Waals surface area contributed by atoms with Crippen molar-refractivity contribution in [1.82, 2.24) is 0 Å². The number of amides is 2. The van der Waals surface area contributed by atoms with Gasteiger partial charge in [0, 0.05) is 0 Å². The van der Waals surface area contributed by atoms with E-state index in [-0.39, 0.29) is 18.9 Å². The van der Waals surface area contributed by atoms with Crippen LogP contribution >= 0.6 is 0 Å². The SMILES string of the molecule is Cc1cccc(C)c1OCCC(=O)Nc1ccccc1N1CCOC1=O. The van der Waals surface area contributed by atoms with Gasteiger partial charge in [-0.3, -0.25) is 9.69 Å². The van der Waals surface area contributed by atoms with E-state index in [1.54, 1.807) is 12.1 Å². The van der Waals surface area contributed by atoms with Crippen LogP contribution in [0.25, 0.3) is 0 Å². The zero-order valence-corrected chi connectivity index (χ0v) is 15.0. The Bertz CT molecular complexity index is 799. The largest absolute Gasteiger partial charge is 0.493 e. The maximum absolute atomic E-state index is 12.3. The molecule has 3 rings (SSSR count). The molecule has 136 valence electrons. The molecule has 2 aromatic rings. The quantitative estimate of drug-likeness (QED) is 0.859. The predicted molar refractivity (Wildman–Crippen MR) is 99.8 cm³/mol. The number of cyclic esters (lactones) is 1. The van der Waals surface area contributed by atoms with E-state index >= 15 is 0 Å². The smallest absolute Gasteiger partial charge is 0.414 e. The second-order valence-corrected chi connectivity index (χ2v) is 6.15. The Balaban J connectivity index is 1.60. The molecule has 2 aromatic carbocycles. The van der Waals surface area contributed by atoms with Gasteiger partial charge in [0.15, 0.2) is 0 Å². The summed E-state index contributed by atoms with van der Waals surface area (Å²) >= 11 is 0. The Morgan fingerprint density at radius 1 is 1.15 bits per heavy atom. The van der Waals surface area contributed by atoms with Crippen LogP contribution in [0.1, 0.15) is 17.5 Å². The zero-order valence-electron chi connectivity index (χ0n) is 15.0. The van der Waals surface area contributed by atoms with E-state index < -0.39 is 6.09 Å². The van der Waals surface area contributed by atoms with Gasteiger partial charge in [-0.2, -0.15) is 0 Å². The van der Waals surface area contributed by atoms with Crippen molar-refractivity contribution >= 4 is 23.4 Å². The molecule has 0 bridgehead atoms. The zero-order chi connectivity index (χ0) is 18.5. The third kappa shape index (κ3) is 3.96. The van der Waals surface area contributed by atoms with E-state index in [4.69, 9.17) is 9.47 Å². The maximum Gasteiger partial charge on any atom is 0.414 e. The Morgan fingerprint density at radius 3 is 2.58 bits per heavy atom. The van der Waals surface area contributed by atoms with Crippen LogP contribution in [0.5, 0.6) is 5.75 Å².